The number of pyridine rings is 3. The normalized spacial score (nSPS) is 14.6. The van der Waals surface area contributed by atoms with Crippen LogP contribution in [0.5, 0.6) is 5.88 Å². The van der Waals surface area contributed by atoms with E-state index in [9.17, 15) is 4.79 Å². The molecule has 1 atom stereocenters. The van der Waals surface area contributed by atoms with Gasteiger partial charge in [0.15, 0.2) is 5.13 Å². The number of nitrogens with zero attached hydrogens (tertiary/aromatic N) is 4. The summed E-state index contributed by atoms with van der Waals surface area (Å²) in [5.41, 5.74) is 4.49. The minimum absolute atomic E-state index is 0.0829. The zero-order valence-corrected chi connectivity index (χ0v) is 20.1. The van der Waals surface area contributed by atoms with Crippen LogP contribution in [0.4, 0.5) is 5.13 Å². The van der Waals surface area contributed by atoms with Crippen LogP contribution in [-0.4, -0.2) is 33.0 Å². The zero-order chi connectivity index (χ0) is 23.7. The van der Waals surface area contributed by atoms with Gasteiger partial charge in [0.25, 0.3) is 5.91 Å². The Hall–Kier alpha value is -3.40. The van der Waals surface area contributed by atoms with Gasteiger partial charge in [0.1, 0.15) is 0 Å². The number of nitrogens with one attached hydrogen (secondary N) is 2. The summed E-state index contributed by atoms with van der Waals surface area (Å²) in [6.45, 7) is 2.58. The molecule has 4 aromatic rings. The van der Waals surface area contributed by atoms with Gasteiger partial charge in [-0.2, -0.15) is 0 Å². The van der Waals surface area contributed by atoms with Crippen molar-refractivity contribution in [3.8, 4) is 17.0 Å². The van der Waals surface area contributed by atoms with E-state index >= 15 is 0 Å². The summed E-state index contributed by atoms with van der Waals surface area (Å²) in [5.74, 6) is 0.0651. The van der Waals surface area contributed by atoms with Crippen LogP contribution < -0.4 is 15.4 Å². The largest absolute Gasteiger partial charge is 0.481 e. The van der Waals surface area contributed by atoms with Crippen molar-refractivity contribution in [3.05, 3.63) is 81.5 Å². The number of anilines is 1. The lowest BCUT2D eigenvalue weighted by Gasteiger charge is -2.13. The molecule has 5 heterocycles. The van der Waals surface area contributed by atoms with E-state index in [1.165, 1.54) is 24.6 Å². The molecule has 1 aliphatic rings. The Bertz CT molecular complexity index is 1360. The third-order valence-electron chi connectivity index (χ3n) is 5.54. The number of hydrogen-bond donors (Lipinski definition) is 2. The average Bonchev–Trinajstić information content (AvgIpc) is 3.40. The highest BCUT2D eigenvalue weighted by molar-refractivity contribution is 7.16. The molecule has 1 amide bonds. The molecule has 1 aliphatic heterocycles. The second-order valence-electron chi connectivity index (χ2n) is 7.86. The summed E-state index contributed by atoms with van der Waals surface area (Å²) in [7, 11) is 1.53. The Morgan fingerprint density at radius 3 is 2.94 bits per heavy atom. The number of carbonyl (C=O) groups excluding carboxylic acids is 1. The van der Waals surface area contributed by atoms with E-state index in [1.807, 2.05) is 31.3 Å². The molecule has 0 aliphatic carbocycles. The molecule has 0 saturated heterocycles. The highest BCUT2D eigenvalue weighted by atomic mass is 35.5. The Morgan fingerprint density at radius 2 is 2.15 bits per heavy atom. The molecule has 4 aromatic heterocycles. The molecule has 0 aromatic carbocycles. The highest BCUT2D eigenvalue weighted by Gasteiger charge is 2.28. The first kappa shape index (κ1) is 22.4. The van der Waals surface area contributed by atoms with Crippen molar-refractivity contribution in [2.24, 2.45) is 0 Å². The quantitative estimate of drug-likeness (QED) is 0.405. The number of carbonyl (C=O) groups is 1. The molecule has 172 valence electrons. The molecule has 8 nitrogen and oxygen atoms in total. The molecule has 34 heavy (non-hydrogen) atoms. The van der Waals surface area contributed by atoms with Gasteiger partial charge < -0.3 is 10.1 Å². The summed E-state index contributed by atoms with van der Waals surface area (Å²) in [6, 6.07) is 7.60. The van der Waals surface area contributed by atoms with Gasteiger partial charge in [-0.15, -0.1) is 11.3 Å². The molecule has 1 unspecified atom stereocenters. The predicted molar refractivity (Wildman–Crippen MR) is 131 cm³/mol. The number of hydrogen-bond acceptors (Lipinski definition) is 8. The van der Waals surface area contributed by atoms with E-state index in [0.717, 1.165) is 34.8 Å². The maximum atomic E-state index is 13.3. The second-order valence-corrected chi connectivity index (χ2v) is 9.38. The first-order valence-electron chi connectivity index (χ1n) is 10.6. The van der Waals surface area contributed by atoms with Crippen molar-refractivity contribution in [1.82, 2.24) is 25.3 Å². The number of thiazole rings is 1. The summed E-state index contributed by atoms with van der Waals surface area (Å²) < 4.78 is 5.41. The molecule has 0 bridgehead atoms. The number of fused-ring (bicyclic) bond motifs is 1. The maximum Gasteiger partial charge on any atom is 0.259 e. The highest BCUT2D eigenvalue weighted by Crippen LogP contribution is 2.36. The lowest BCUT2D eigenvalue weighted by molar-refractivity contribution is 0.102. The van der Waals surface area contributed by atoms with Gasteiger partial charge in [0, 0.05) is 53.0 Å². The van der Waals surface area contributed by atoms with Crippen LogP contribution in [0.25, 0.3) is 11.1 Å². The minimum atomic E-state index is -0.311. The number of aryl methyl sites for hydroxylation is 1. The first-order chi connectivity index (χ1) is 16.5. The molecular formula is C24H21ClN6O2S. The Morgan fingerprint density at radius 1 is 1.26 bits per heavy atom. The van der Waals surface area contributed by atoms with E-state index in [2.05, 4.69) is 25.6 Å². The molecule has 2 N–H and O–H groups in total. The topological polar surface area (TPSA) is 102 Å². The second kappa shape index (κ2) is 9.46. The SMILES string of the molecule is COc1ncc(Cl)cc1-c1cc(C)ncc1C(=O)Nc1nc2c(s1)CNC2Cc1cccnc1. The summed E-state index contributed by atoms with van der Waals surface area (Å²) in [5, 5.41) is 7.43. The Kier molecular flexibility index (Phi) is 6.23. The standard InChI is InChI=1S/C24H21ClN6O2S/c1-13-6-16(17-8-15(25)10-29-23(17)33-2)18(11-27-13)22(32)31-24-30-21-19(28-12-20(21)34-24)7-14-4-3-5-26-9-14/h3-6,8-11,19,28H,7,12H2,1-2H3,(H,30,31,32). The summed E-state index contributed by atoms with van der Waals surface area (Å²) >= 11 is 7.66. The minimum Gasteiger partial charge on any atom is -0.481 e. The van der Waals surface area contributed by atoms with E-state index in [4.69, 9.17) is 21.3 Å². The van der Waals surface area contributed by atoms with Crippen LogP contribution in [0.3, 0.4) is 0 Å². The first-order valence-corrected chi connectivity index (χ1v) is 11.8. The number of methoxy groups -OCH3 is 1. The molecular weight excluding hydrogens is 472 g/mol. The Balaban J connectivity index is 1.41. The molecule has 10 heteroatoms. The van der Waals surface area contributed by atoms with Crippen LogP contribution in [0, 0.1) is 6.92 Å². The molecule has 0 saturated carbocycles. The van der Waals surface area contributed by atoms with Crippen molar-refractivity contribution >= 4 is 34.0 Å². The fourth-order valence-corrected chi connectivity index (χ4v) is 5.09. The summed E-state index contributed by atoms with van der Waals surface area (Å²) in [6.07, 6.45) is 7.46. The molecule has 0 spiro atoms. The van der Waals surface area contributed by atoms with Crippen molar-refractivity contribution in [1.29, 1.82) is 0 Å². The van der Waals surface area contributed by atoms with Crippen molar-refractivity contribution in [3.63, 3.8) is 0 Å². The Labute approximate surface area is 205 Å². The molecule has 0 fully saturated rings. The maximum absolute atomic E-state index is 13.3. The van der Waals surface area contributed by atoms with Crippen molar-refractivity contribution in [2.75, 3.05) is 12.4 Å². The third kappa shape index (κ3) is 4.50. The smallest absolute Gasteiger partial charge is 0.259 e. The fourth-order valence-electron chi connectivity index (χ4n) is 3.96. The lowest BCUT2D eigenvalue weighted by Crippen LogP contribution is -2.17. The lowest BCUT2D eigenvalue weighted by atomic mass is 10.0. The van der Waals surface area contributed by atoms with E-state index in [0.29, 0.717) is 32.7 Å². The zero-order valence-electron chi connectivity index (χ0n) is 18.5. The van der Waals surface area contributed by atoms with Crippen molar-refractivity contribution in [2.45, 2.75) is 25.9 Å². The van der Waals surface area contributed by atoms with E-state index < -0.39 is 0 Å². The number of amides is 1. The van der Waals surface area contributed by atoms with Crippen molar-refractivity contribution < 1.29 is 9.53 Å². The van der Waals surface area contributed by atoms with Crippen LogP contribution in [0.15, 0.2) is 49.1 Å². The van der Waals surface area contributed by atoms with Crippen LogP contribution >= 0.6 is 22.9 Å². The fraction of sp³-hybridized carbons (Fsp3) is 0.208. The van der Waals surface area contributed by atoms with Gasteiger partial charge in [0.2, 0.25) is 5.88 Å². The number of aromatic nitrogens is 4. The van der Waals surface area contributed by atoms with Gasteiger partial charge in [-0.3, -0.25) is 20.1 Å². The van der Waals surface area contributed by atoms with Gasteiger partial charge in [-0.25, -0.2) is 9.97 Å². The average molecular weight is 493 g/mol. The molecule has 0 radical (unpaired) electrons. The van der Waals surface area contributed by atoms with E-state index in [-0.39, 0.29) is 11.9 Å². The van der Waals surface area contributed by atoms with E-state index in [1.54, 1.807) is 18.5 Å². The summed E-state index contributed by atoms with van der Waals surface area (Å²) in [4.78, 5) is 31.9. The van der Waals surface area contributed by atoms with Gasteiger partial charge in [-0.1, -0.05) is 17.7 Å². The van der Waals surface area contributed by atoms with Gasteiger partial charge in [0.05, 0.1) is 29.4 Å². The number of ether oxygens (including phenoxy) is 1. The van der Waals surface area contributed by atoms with Gasteiger partial charge in [-0.05, 0) is 37.1 Å². The number of halogens is 1. The predicted octanol–water partition coefficient (Wildman–Crippen LogP) is 4.60. The van der Waals surface area contributed by atoms with Gasteiger partial charge >= 0.3 is 0 Å². The third-order valence-corrected chi connectivity index (χ3v) is 6.73. The molecule has 5 rings (SSSR count). The van der Waals surface area contributed by atoms with Crippen LogP contribution in [0.1, 0.15) is 38.2 Å². The van der Waals surface area contributed by atoms with Crippen LogP contribution in [-0.2, 0) is 13.0 Å². The number of rotatable bonds is 6. The van der Waals surface area contributed by atoms with Crippen LogP contribution in [0.2, 0.25) is 5.02 Å². The monoisotopic (exact) mass is 492 g/mol.